The predicted molar refractivity (Wildman–Crippen MR) is 101 cm³/mol. The summed E-state index contributed by atoms with van der Waals surface area (Å²) in [5, 5.41) is 2.82. The zero-order valence-electron chi connectivity index (χ0n) is 16.1. The Labute approximate surface area is 155 Å². The van der Waals surface area contributed by atoms with Crippen LogP contribution in [0.1, 0.15) is 18.4 Å². The molecule has 0 unspecified atom stereocenters. The molecule has 0 heterocycles. The Morgan fingerprint density at radius 3 is 2.42 bits per heavy atom. The number of amides is 2. The fraction of sp³-hybridized carbons (Fsp3) is 0.579. The van der Waals surface area contributed by atoms with Gasteiger partial charge in [-0.3, -0.25) is 9.59 Å². The Morgan fingerprint density at radius 2 is 1.85 bits per heavy atom. The van der Waals surface area contributed by atoms with Gasteiger partial charge >= 0.3 is 0 Å². The number of hydrogen-bond donors (Lipinski definition) is 1. The second-order valence-corrected chi connectivity index (χ2v) is 6.87. The second kappa shape index (κ2) is 9.54. The Kier molecular flexibility index (Phi) is 7.41. The summed E-state index contributed by atoms with van der Waals surface area (Å²) in [6.07, 6.45) is 2.34. The van der Waals surface area contributed by atoms with Gasteiger partial charge in [0.15, 0.2) is 0 Å². The minimum absolute atomic E-state index is 0.00486. The van der Waals surface area contributed by atoms with Crippen LogP contribution in [0.3, 0.4) is 0 Å². The lowest BCUT2D eigenvalue weighted by Gasteiger charge is -2.26. The Hall–Kier alpha value is -2.12. The van der Waals surface area contributed by atoms with Gasteiger partial charge in [-0.25, -0.2) is 0 Å². The molecule has 0 bridgehead atoms. The summed E-state index contributed by atoms with van der Waals surface area (Å²) in [4.78, 5) is 28.1. The molecule has 1 fully saturated rings. The topological polar surface area (TPSA) is 71.1 Å². The molecule has 1 aliphatic carbocycles. The number of benzene rings is 1. The van der Waals surface area contributed by atoms with E-state index in [1.54, 1.807) is 0 Å². The average Bonchev–Trinajstić information content (AvgIpc) is 3.38. The van der Waals surface area contributed by atoms with Crippen LogP contribution in [-0.2, 0) is 25.6 Å². The molecule has 0 radical (unpaired) electrons. The first kappa shape index (κ1) is 20.2. The molecule has 1 aliphatic rings. The number of anilines is 2. The van der Waals surface area contributed by atoms with Gasteiger partial charge in [0, 0.05) is 52.8 Å². The van der Waals surface area contributed by atoms with Crippen molar-refractivity contribution in [2.24, 2.45) is 5.92 Å². The third-order valence-corrected chi connectivity index (χ3v) is 4.28. The van der Waals surface area contributed by atoms with E-state index in [4.69, 9.17) is 9.47 Å². The van der Waals surface area contributed by atoms with E-state index in [1.807, 2.05) is 42.1 Å². The number of nitrogens with zero attached hydrogens (tertiary/aromatic N) is 2. The summed E-state index contributed by atoms with van der Waals surface area (Å²) in [5.41, 5.74) is 2.69. The highest BCUT2D eigenvalue weighted by atomic mass is 16.5. The summed E-state index contributed by atoms with van der Waals surface area (Å²) < 4.78 is 9.89. The van der Waals surface area contributed by atoms with Crippen LogP contribution in [0.15, 0.2) is 18.2 Å². The third-order valence-electron chi connectivity index (χ3n) is 4.28. The molecule has 2 rings (SSSR count). The Bertz CT molecular complexity index is 629. The van der Waals surface area contributed by atoms with Gasteiger partial charge in [-0.15, -0.1) is 0 Å². The molecule has 1 aromatic rings. The lowest BCUT2D eigenvalue weighted by Crippen LogP contribution is -2.35. The quantitative estimate of drug-likeness (QED) is 0.685. The van der Waals surface area contributed by atoms with E-state index in [9.17, 15) is 9.59 Å². The molecule has 7 nitrogen and oxygen atoms in total. The first-order valence-corrected chi connectivity index (χ1v) is 8.80. The van der Waals surface area contributed by atoms with Crippen molar-refractivity contribution in [3.63, 3.8) is 0 Å². The van der Waals surface area contributed by atoms with Gasteiger partial charge in [-0.05, 0) is 42.5 Å². The molecular weight excluding hydrogens is 334 g/mol. The van der Waals surface area contributed by atoms with Crippen molar-refractivity contribution in [3.8, 4) is 0 Å². The highest BCUT2D eigenvalue weighted by molar-refractivity contribution is 5.92. The van der Waals surface area contributed by atoms with Crippen molar-refractivity contribution in [3.05, 3.63) is 23.8 Å². The minimum atomic E-state index is -0.207. The maximum Gasteiger partial charge on any atom is 0.250 e. The zero-order valence-corrected chi connectivity index (χ0v) is 16.1. The van der Waals surface area contributed by atoms with Crippen LogP contribution >= 0.6 is 0 Å². The number of hydrogen-bond acceptors (Lipinski definition) is 5. The highest BCUT2D eigenvalue weighted by Gasteiger charge is 2.27. The van der Waals surface area contributed by atoms with E-state index in [0.29, 0.717) is 18.2 Å². The molecule has 0 atom stereocenters. The fourth-order valence-electron chi connectivity index (χ4n) is 2.84. The highest BCUT2D eigenvalue weighted by Crippen LogP contribution is 2.31. The average molecular weight is 363 g/mol. The fourth-order valence-corrected chi connectivity index (χ4v) is 2.84. The van der Waals surface area contributed by atoms with Gasteiger partial charge in [-0.1, -0.05) is 0 Å². The SMILES string of the molecule is COCC(=O)Nc1ccc(N(C)C)c(CN(CC2CC2)C(=O)COC)c1. The van der Waals surface area contributed by atoms with E-state index < -0.39 is 0 Å². The van der Waals surface area contributed by atoms with Gasteiger partial charge < -0.3 is 24.6 Å². The van der Waals surface area contributed by atoms with Crippen molar-refractivity contribution in [2.75, 3.05) is 58.3 Å². The lowest BCUT2D eigenvalue weighted by atomic mass is 10.1. The molecule has 0 saturated heterocycles. The van der Waals surface area contributed by atoms with Crippen LogP contribution in [-0.4, -0.2) is 64.8 Å². The number of nitrogens with one attached hydrogen (secondary N) is 1. The molecule has 7 heteroatoms. The van der Waals surface area contributed by atoms with Gasteiger partial charge in [0.2, 0.25) is 11.8 Å². The van der Waals surface area contributed by atoms with Crippen molar-refractivity contribution < 1.29 is 19.1 Å². The normalized spacial score (nSPS) is 13.4. The number of rotatable bonds is 10. The molecule has 1 saturated carbocycles. The summed E-state index contributed by atoms with van der Waals surface area (Å²) in [6, 6.07) is 5.73. The molecule has 0 spiro atoms. The van der Waals surface area contributed by atoms with Crippen LogP contribution in [0, 0.1) is 5.92 Å². The summed E-state index contributed by atoms with van der Waals surface area (Å²) in [5.74, 6) is 0.363. The van der Waals surface area contributed by atoms with Gasteiger partial charge in [-0.2, -0.15) is 0 Å². The zero-order chi connectivity index (χ0) is 19.1. The van der Waals surface area contributed by atoms with Crippen LogP contribution < -0.4 is 10.2 Å². The summed E-state index contributed by atoms with van der Waals surface area (Å²) in [6.45, 7) is 1.31. The number of carbonyl (C=O) groups excluding carboxylic acids is 2. The smallest absolute Gasteiger partial charge is 0.250 e. The van der Waals surface area contributed by atoms with E-state index in [-0.39, 0.29) is 25.0 Å². The van der Waals surface area contributed by atoms with Crippen molar-refractivity contribution in [2.45, 2.75) is 19.4 Å². The molecule has 26 heavy (non-hydrogen) atoms. The largest absolute Gasteiger partial charge is 0.377 e. The van der Waals surface area contributed by atoms with E-state index >= 15 is 0 Å². The predicted octanol–water partition coefficient (Wildman–Crippen LogP) is 1.72. The lowest BCUT2D eigenvalue weighted by molar-refractivity contribution is -0.136. The van der Waals surface area contributed by atoms with Crippen molar-refractivity contribution in [1.29, 1.82) is 0 Å². The molecule has 1 N–H and O–H groups in total. The number of ether oxygens (including phenoxy) is 2. The number of carbonyl (C=O) groups is 2. The maximum absolute atomic E-state index is 12.4. The molecule has 1 aromatic carbocycles. The molecular formula is C19H29N3O4. The van der Waals surface area contributed by atoms with Crippen LogP contribution in [0.25, 0.3) is 0 Å². The van der Waals surface area contributed by atoms with Crippen LogP contribution in [0.4, 0.5) is 11.4 Å². The van der Waals surface area contributed by atoms with Crippen LogP contribution in [0.5, 0.6) is 0 Å². The summed E-state index contributed by atoms with van der Waals surface area (Å²) in [7, 11) is 6.94. The Balaban J connectivity index is 2.21. The van der Waals surface area contributed by atoms with E-state index in [0.717, 1.165) is 17.8 Å². The van der Waals surface area contributed by atoms with Crippen molar-refractivity contribution >= 4 is 23.2 Å². The van der Waals surface area contributed by atoms with E-state index in [2.05, 4.69) is 5.32 Å². The monoisotopic (exact) mass is 363 g/mol. The first-order valence-electron chi connectivity index (χ1n) is 8.80. The second-order valence-electron chi connectivity index (χ2n) is 6.87. The van der Waals surface area contributed by atoms with Gasteiger partial charge in [0.25, 0.3) is 0 Å². The summed E-state index contributed by atoms with van der Waals surface area (Å²) >= 11 is 0. The van der Waals surface area contributed by atoms with Crippen LogP contribution in [0.2, 0.25) is 0 Å². The standard InChI is InChI=1S/C19H29N3O4/c1-21(2)17-8-7-16(20-18(23)12-25-3)9-15(17)11-22(10-14-5-6-14)19(24)13-26-4/h7-9,14H,5-6,10-13H2,1-4H3,(H,20,23). The molecule has 0 aliphatic heterocycles. The van der Waals surface area contributed by atoms with E-state index in [1.165, 1.54) is 27.1 Å². The van der Waals surface area contributed by atoms with Gasteiger partial charge in [0.05, 0.1) is 0 Å². The third kappa shape index (κ3) is 6.00. The van der Waals surface area contributed by atoms with Crippen molar-refractivity contribution in [1.82, 2.24) is 4.90 Å². The molecule has 144 valence electrons. The molecule has 2 amide bonds. The molecule has 0 aromatic heterocycles. The first-order chi connectivity index (χ1) is 12.4. The minimum Gasteiger partial charge on any atom is -0.377 e. The van der Waals surface area contributed by atoms with Gasteiger partial charge in [0.1, 0.15) is 13.2 Å². The Morgan fingerprint density at radius 1 is 1.15 bits per heavy atom. The number of methoxy groups -OCH3 is 2. The maximum atomic E-state index is 12.4.